The number of rotatable bonds is 4. The number of hydrogen-bond donors (Lipinski definition) is 1. The predicted octanol–water partition coefficient (Wildman–Crippen LogP) is 0.874. The van der Waals surface area contributed by atoms with E-state index in [4.69, 9.17) is 9.84 Å². The van der Waals surface area contributed by atoms with Crippen LogP contribution in [0.4, 0.5) is 0 Å². The average Bonchev–Trinajstić information content (AvgIpc) is 2.18. The van der Waals surface area contributed by atoms with E-state index in [1.807, 2.05) is 6.92 Å². The van der Waals surface area contributed by atoms with Gasteiger partial charge >= 0.3 is 5.97 Å². The molecule has 0 bridgehead atoms. The molecule has 76 valence electrons. The molecule has 0 unspecified atom stereocenters. The van der Waals surface area contributed by atoms with Gasteiger partial charge < -0.3 is 14.6 Å². The van der Waals surface area contributed by atoms with Crippen molar-refractivity contribution in [3.8, 4) is 0 Å². The highest BCUT2D eigenvalue weighted by atomic mass is 16.5. The summed E-state index contributed by atoms with van der Waals surface area (Å²) >= 11 is 0. The molecule has 0 spiro atoms. The van der Waals surface area contributed by atoms with Gasteiger partial charge in [-0.3, -0.25) is 0 Å². The van der Waals surface area contributed by atoms with E-state index < -0.39 is 5.97 Å². The van der Waals surface area contributed by atoms with Crippen LogP contribution in [0.25, 0.3) is 0 Å². The third-order valence-corrected chi connectivity index (χ3v) is 0.809. The minimum absolute atomic E-state index is 0.0876. The van der Waals surface area contributed by atoms with E-state index in [1.54, 1.807) is 12.3 Å². The maximum absolute atomic E-state index is 9.84. The zero-order chi connectivity index (χ0) is 10.5. The molecule has 0 rings (SSSR count). The summed E-state index contributed by atoms with van der Waals surface area (Å²) in [4.78, 5) is 9.84. The Hall–Kier alpha value is -1.29. The van der Waals surface area contributed by atoms with Crippen LogP contribution in [-0.2, 0) is 14.3 Å². The molecule has 0 fully saturated rings. The van der Waals surface area contributed by atoms with Crippen LogP contribution in [0.5, 0.6) is 0 Å². The number of allylic oxidation sites excluding steroid dienone is 1. The summed E-state index contributed by atoms with van der Waals surface area (Å²) < 4.78 is 8.84. The Morgan fingerprint density at radius 3 is 2.46 bits per heavy atom. The molecule has 0 aliphatic carbocycles. The number of methoxy groups -OCH3 is 1. The fourth-order valence-electron chi connectivity index (χ4n) is 0.300. The van der Waals surface area contributed by atoms with E-state index in [-0.39, 0.29) is 6.61 Å². The van der Waals surface area contributed by atoms with Crippen LogP contribution >= 0.6 is 0 Å². The minimum Gasteiger partial charge on any atom is -0.499 e. The molecular weight excluding hydrogens is 172 g/mol. The van der Waals surface area contributed by atoms with Gasteiger partial charge in [0.15, 0.2) is 0 Å². The zero-order valence-electron chi connectivity index (χ0n) is 8.03. The highest BCUT2D eigenvalue weighted by Gasteiger charge is 1.81. The molecular formula is C9H16O4. The third kappa shape index (κ3) is 18.0. The molecule has 0 radical (unpaired) electrons. The largest absolute Gasteiger partial charge is 0.499 e. The van der Waals surface area contributed by atoms with Crippen molar-refractivity contribution in [1.82, 2.24) is 0 Å². The molecule has 0 atom stereocenters. The summed E-state index contributed by atoms with van der Waals surface area (Å²) in [6.07, 6.45) is 4.44. The van der Waals surface area contributed by atoms with Crippen molar-refractivity contribution in [3.05, 3.63) is 25.0 Å². The van der Waals surface area contributed by atoms with E-state index in [0.29, 0.717) is 6.61 Å². The number of hydrogen-bond acceptors (Lipinski definition) is 4. The molecule has 0 aromatic rings. The second kappa shape index (κ2) is 13.3. The number of carbonyl (C=O) groups excluding carboxylic acids is 1. The van der Waals surface area contributed by atoms with Crippen LogP contribution in [0.3, 0.4) is 0 Å². The summed E-state index contributed by atoms with van der Waals surface area (Å²) in [7, 11) is 1.31. The van der Waals surface area contributed by atoms with E-state index in [0.717, 1.165) is 6.08 Å². The second-order valence-electron chi connectivity index (χ2n) is 1.79. The predicted molar refractivity (Wildman–Crippen MR) is 50.1 cm³/mol. The highest BCUT2D eigenvalue weighted by molar-refractivity contribution is 5.80. The third-order valence-electron chi connectivity index (χ3n) is 0.809. The van der Waals surface area contributed by atoms with Gasteiger partial charge in [-0.1, -0.05) is 12.7 Å². The molecule has 0 amide bonds. The van der Waals surface area contributed by atoms with Crippen LogP contribution in [0.15, 0.2) is 25.0 Å². The highest BCUT2D eigenvalue weighted by Crippen LogP contribution is 1.72. The van der Waals surface area contributed by atoms with Crippen LogP contribution in [0.2, 0.25) is 0 Å². The van der Waals surface area contributed by atoms with E-state index in [1.165, 1.54) is 7.11 Å². The molecule has 0 aliphatic heterocycles. The van der Waals surface area contributed by atoms with Gasteiger partial charge in [0.1, 0.15) is 6.61 Å². The van der Waals surface area contributed by atoms with Gasteiger partial charge in [-0.25, -0.2) is 4.79 Å². The standard InChI is InChI=1S/C5H10O2.C4H6O2/c1-2-4-7-5-3-6;1-3-4(5)6-2/h2,4,6H,3,5H2,1H3;3H,1H2,2H3. The van der Waals surface area contributed by atoms with Crippen molar-refractivity contribution in [3.63, 3.8) is 0 Å². The monoisotopic (exact) mass is 188 g/mol. The van der Waals surface area contributed by atoms with Gasteiger partial charge in [0.25, 0.3) is 0 Å². The molecule has 0 aliphatic rings. The van der Waals surface area contributed by atoms with Crippen LogP contribution in [-0.4, -0.2) is 31.4 Å². The Balaban J connectivity index is 0. The SMILES string of the molecule is C=CC(=O)OC.CC=COCCO. The molecule has 0 aromatic carbocycles. The Bertz CT molecular complexity index is 152. The normalized spacial score (nSPS) is 8.54. The van der Waals surface area contributed by atoms with Crippen LogP contribution in [0, 0.1) is 0 Å². The number of ether oxygens (including phenoxy) is 2. The van der Waals surface area contributed by atoms with Gasteiger partial charge in [0, 0.05) is 6.08 Å². The lowest BCUT2D eigenvalue weighted by molar-refractivity contribution is -0.134. The maximum Gasteiger partial charge on any atom is 0.329 e. The van der Waals surface area contributed by atoms with E-state index in [2.05, 4.69) is 11.3 Å². The first-order valence-corrected chi connectivity index (χ1v) is 3.76. The Morgan fingerprint density at radius 1 is 1.62 bits per heavy atom. The molecule has 0 heterocycles. The summed E-state index contributed by atoms with van der Waals surface area (Å²) in [5.74, 6) is -0.394. The second-order valence-corrected chi connectivity index (χ2v) is 1.79. The minimum atomic E-state index is -0.394. The number of aliphatic hydroxyl groups is 1. The molecule has 4 heteroatoms. The molecule has 13 heavy (non-hydrogen) atoms. The van der Waals surface area contributed by atoms with Crippen molar-refractivity contribution in [2.45, 2.75) is 6.92 Å². The Kier molecular flexibility index (Phi) is 14.6. The fraction of sp³-hybridized carbons (Fsp3) is 0.444. The fourth-order valence-corrected chi connectivity index (χ4v) is 0.300. The first-order chi connectivity index (χ1) is 6.22. The van der Waals surface area contributed by atoms with Crippen molar-refractivity contribution >= 4 is 5.97 Å². The van der Waals surface area contributed by atoms with Crippen molar-refractivity contribution in [2.75, 3.05) is 20.3 Å². The maximum atomic E-state index is 9.84. The Morgan fingerprint density at radius 2 is 2.23 bits per heavy atom. The van der Waals surface area contributed by atoms with Crippen LogP contribution < -0.4 is 0 Å². The lowest BCUT2D eigenvalue weighted by atomic mass is 10.7. The van der Waals surface area contributed by atoms with Crippen molar-refractivity contribution in [2.24, 2.45) is 0 Å². The number of carbonyl (C=O) groups is 1. The topological polar surface area (TPSA) is 55.8 Å². The van der Waals surface area contributed by atoms with E-state index in [9.17, 15) is 4.79 Å². The lowest BCUT2D eigenvalue weighted by Gasteiger charge is -1.91. The average molecular weight is 188 g/mol. The molecule has 0 saturated carbocycles. The quantitative estimate of drug-likeness (QED) is 0.308. The summed E-state index contributed by atoms with van der Waals surface area (Å²) in [6, 6.07) is 0. The van der Waals surface area contributed by atoms with E-state index >= 15 is 0 Å². The Labute approximate surface area is 78.5 Å². The van der Waals surface area contributed by atoms with Gasteiger partial charge in [-0.2, -0.15) is 0 Å². The van der Waals surface area contributed by atoms with Crippen molar-refractivity contribution < 1.29 is 19.4 Å². The first-order valence-electron chi connectivity index (χ1n) is 3.76. The smallest absolute Gasteiger partial charge is 0.329 e. The lowest BCUT2D eigenvalue weighted by Crippen LogP contribution is -1.91. The molecule has 4 nitrogen and oxygen atoms in total. The summed E-state index contributed by atoms with van der Waals surface area (Å²) in [5, 5.41) is 8.13. The van der Waals surface area contributed by atoms with Gasteiger partial charge in [0.05, 0.1) is 20.0 Å². The molecule has 0 saturated heterocycles. The zero-order valence-corrected chi connectivity index (χ0v) is 8.03. The van der Waals surface area contributed by atoms with Crippen molar-refractivity contribution in [1.29, 1.82) is 0 Å². The molecule has 1 N–H and O–H groups in total. The van der Waals surface area contributed by atoms with Gasteiger partial charge in [-0.15, -0.1) is 0 Å². The van der Waals surface area contributed by atoms with Gasteiger partial charge in [-0.05, 0) is 6.92 Å². The van der Waals surface area contributed by atoms with Crippen LogP contribution in [0.1, 0.15) is 6.92 Å². The first kappa shape index (κ1) is 14.2. The van der Waals surface area contributed by atoms with Gasteiger partial charge in [0.2, 0.25) is 0 Å². The number of aliphatic hydroxyl groups excluding tert-OH is 1. The summed E-state index contributed by atoms with van der Waals surface area (Å²) in [5.41, 5.74) is 0. The summed E-state index contributed by atoms with van der Waals surface area (Å²) in [6.45, 7) is 5.50. The molecule has 0 aromatic heterocycles. The number of esters is 1.